The van der Waals surface area contributed by atoms with E-state index in [0.29, 0.717) is 40.9 Å². The van der Waals surface area contributed by atoms with Crippen molar-refractivity contribution < 1.29 is 9.59 Å². The maximum atomic E-state index is 13.3. The second kappa shape index (κ2) is 10.8. The lowest BCUT2D eigenvalue weighted by atomic mass is 9.79. The Morgan fingerprint density at radius 1 is 1.08 bits per heavy atom. The van der Waals surface area contributed by atoms with E-state index in [2.05, 4.69) is 22.3 Å². The number of amides is 2. The summed E-state index contributed by atoms with van der Waals surface area (Å²) in [6, 6.07) is 12.8. The average molecular weight is 514 g/mol. The maximum Gasteiger partial charge on any atom is 0.270 e. The SMILES string of the molecule is CCn1nccc1C(=O)N[C@H](c1nc2nc(-c3ccccc3C(=O)N(C)C)ccc2[nH]1)C1CCC(C)CC1. The zero-order valence-electron chi connectivity index (χ0n) is 22.4. The fraction of sp³-hybridized carbons (Fsp3) is 0.414. The Kier molecular flexibility index (Phi) is 7.26. The van der Waals surface area contributed by atoms with Crippen LogP contribution in [-0.2, 0) is 6.54 Å². The number of nitrogens with one attached hydrogen (secondary N) is 2. The normalized spacial score (nSPS) is 18.3. The smallest absolute Gasteiger partial charge is 0.270 e. The molecule has 0 radical (unpaired) electrons. The van der Waals surface area contributed by atoms with Crippen molar-refractivity contribution in [3.8, 4) is 11.3 Å². The Bertz CT molecular complexity index is 1450. The van der Waals surface area contributed by atoms with Gasteiger partial charge in [-0.25, -0.2) is 9.97 Å². The van der Waals surface area contributed by atoms with Gasteiger partial charge in [-0.05, 0) is 55.9 Å². The Morgan fingerprint density at radius 3 is 2.58 bits per heavy atom. The van der Waals surface area contributed by atoms with Gasteiger partial charge in [0.25, 0.3) is 11.8 Å². The molecule has 1 saturated carbocycles. The second-order valence-corrected chi connectivity index (χ2v) is 10.4. The van der Waals surface area contributed by atoms with E-state index in [-0.39, 0.29) is 23.8 Å². The van der Waals surface area contributed by atoms with Crippen LogP contribution in [-0.4, -0.2) is 55.5 Å². The first-order valence-corrected chi connectivity index (χ1v) is 13.4. The molecule has 1 fully saturated rings. The molecule has 4 aromatic rings. The van der Waals surface area contributed by atoms with E-state index in [0.717, 1.165) is 36.8 Å². The van der Waals surface area contributed by atoms with E-state index < -0.39 is 0 Å². The molecule has 3 heterocycles. The highest BCUT2D eigenvalue weighted by atomic mass is 16.2. The monoisotopic (exact) mass is 513 g/mol. The number of aryl methyl sites for hydroxylation is 1. The van der Waals surface area contributed by atoms with Crippen LogP contribution < -0.4 is 5.32 Å². The van der Waals surface area contributed by atoms with Gasteiger partial charge in [-0.3, -0.25) is 14.3 Å². The maximum absolute atomic E-state index is 13.3. The van der Waals surface area contributed by atoms with Crippen molar-refractivity contribution in [1.29, 1.82) is 0 Å². The van der Waals surface area contributed by atoms with Crippen LogP contribution in [0.4, 0.5) is 0 Å². The Labute approximate surface area is 222 Å². The van der Waals surface area contributed by atoms with E-state index in [1.807, 2.05) is 43.3 Å². The van der Waals surface area contributed by atoms with Crippen molar-refractivity contribution >= 4 is 23.0 Å². The number of imidazole rings is 1. The molecule has 1 aromatic carbocycles. The van der Waals surface area contributed by atoms with Crippen molar-refractivity contribution in [3.05, 3.63) is 65.7 Å². The Balaban J connectivity index is 1.50. The molecule has 5 rings (SSSR count). The van der Waals surface area contributed by atoms with Crippen LogP contribution in [0.2, 0.25) is 0 Å². The third-order valence-electron chi connectivity index (χ3n) is 7.57. The molecule has 9 heteroatoms. The minimum absolute atomic E-state index is 0.0779. The van der Waals surface area contributed by atoms with Gasteiger partial charge in [-0.1, -0.05) is 38.0 Å². The van der Waals surface area contributed by atoms with Crippen molar-refractivity contribution in [2.24, 2.45) is 11.8 Å². The van der Waals surface area contributed by atoms with Gasteiger partial charge in [0.1, 0.15) is 11.5 Å². The summed E-state index contributed by atoms with van der Waals surface area (Å²) in [6.45, 7) is 4.88. The number of hydrogen-bond donors (Lipinski definition) is 2. The lowest BCUT2D eigenvalue weighted by Gasteiger charge is -2.32. The minimum Gasteiger partial charge on any atom is -0.345 e. The van der Waals surface area contributed by atoms with Gasteiger partial charge in [0.05, 0.1) is 17.3 Å². The topological polar surface area (TPSA) is 109 Å². The van der Waals surface area contributed by atoms with Gasteiger partial charge in [-0.15, -0.1) is 0 Å². The molecule has 0 unspecified atom stereocenters. The summed E-state index contributed by atoms with van der Waals surface area (Å²) in [6.07, 6.45) is 5.96. The number of aromatic amines is 1. The molecule has 2 N–H and O–H groups in total. The first-order valence-electron chi connectivity index (χ1n) is 13.4. The van der Waals surface area contributed by atoms with Gasteiger partial charge in [0, 0.05) is 38.0 Å². The number of carbonyl (C=O) groups excluding carboxylic acids is 2. The second-order valence-electron chi connectivity index (χ2n) is 10.4. The molecule has 38 heavy (non-hydrogen) atoms. The summed E-state index contributed by atoms with van der Waals surface area (Å²) < 4.78 is 1.70. The number of hydrogen-bond acceptors (Lipinski definition) is 5. The molecular formula is C29H35N7O2. The average Bonchev–Trinajstić information content (AvgIpc) is 3.58. The van der Waals surface area contributed by atoms with E-state index in [1.165, 1.54) is 0 Å². The van der Waals surface area contributed by atoms with Crippen LogP contribution in [0.3, 0.4) is 0 Å². The molecule has 9 nitrogen and oxygen atoms in total. The number of nitrogens with zero attached hydrogens (tertiary/aromatic N) is 5. The predicted octanol–water partition coefficient (Wildman–Crippen LogP) is 4.84. The number of pyridine rings is 1. The molecule has 1 aliphatic carbocycles. The largest absolute Gasteiger partial charge is 0.345 e. The van der Waals surface area contributed by atoms with Crippen molar-refractivity contribution in [2.75, 3.05) is 14.1 Å². The summed E-state index contributed by atoms with van der Waals surface area (Å²) in [5.41, 5.74) is 3.93. The van der Waals surface area contributed by atoms with Gasteiger partial charge < -0.3 is 15.2 Å². The van der Waals surface area contributed by atoms with Crippen molar-refractivity contribution in [2.45, 2.75) is 52.1 Å². The quantitative estimate of drug-likeness (QED) is 0.368. The van der Waals surface area contributed by atoms with E-state index >= 15 is 0 Å². The third-order valence-corrected chi connectivity index (χ3v) is 7.57. The highest BCUT2D eigenvalue weighted by Crippen LogP contribution is 2.37. The Morgan fingerprint density at radius 2 is 1.84 bits per heavy atom. The van der Waals surface area contributed by atoms with E-state index in [1.54, 1.807) is 35.9 Å². The summed E-state index contributed by atoms with van der Waals surface area (Å²) in [5, 5.41) is 7.52. The van der Waals surface area contributed by atoms with Crippen LogP contribution in [0, 0.1) is 11.8 Å². The number of aromatic nitrogens is 5. The standard InChI is InChI=1S/C29H35N7O2/c1-5-36-24(16-17-30-36)28(37)33-25(19-12-10-18(2)11-13-19)27-32-23-15-14-22(31-26(23)34-27)20-8-6-7-9-21(20)29(38)35(3)4/h6-9,14-19,25H,5,10-13H2,1-4H3,(H,33,37)(H,31,32,34)/t18?,19?,25-/m0/s1. The highest BCUT2D eigenvalue weighted by molar-refractivity contribution is 6.00. The molecule has 0 bridgehead atoms. The van der Waals surface area contributed by atoms with E-state index in [9.17, 15) is 9.59 Å². The van der Waals surface area contributed by atoms with Crippen LogP contribution in [0.1, 0.15) is 72.2 Å². The molecule has 2 amide bonds. The highest BCUT2D eigenvalue weighted by Gasteiger charge is 2.32. The molecule has 1 aliphatic rings. The number of benzene rings is 1. The van der Waals surface area contributed by atoms with Crippen molar-refractivity contribution in [1.82, 2.24) is 34.9 Å². The lowest BCUT2D eigenvalue weighted by molar-refractivity contribution is 0.0827. The number of H-pyrrole nitrogens is 1. The van der Waals surface area contributed by atoms with Crippen LogP contribution in [0.25, 0.3) is 22.4 Å². The fourth-order valence-electron chi connectivity index (χ4n) is 5.36. The van der Waals surface area contributed by atoms with Gasteiger partial charge in [0.15, 0.2) is 5.65 Å². The van der Waals surface area contributed by atoms with Crippen LogP contribution >= 0.6 is 0 Å². The first kappa shape index (κ1) is 25.6. The predicted molar refractivity (Wildman–Crippen MR) is 147 cm³/mol. The minimum atomic E-state index is -0.268. The summed E-state index contributed by atoms with van der Waals surface area (Å²) in [7, 11) is 3.48. The zero-order chi connectivity index (χ0) is 26.8. The lowest BCUT2D eigenvalue weighted by Crippen LogP contribution is -2.36. The number of carbonyl (C=O) groups is 2. The van der Waals surface area contributed by atoms with Crippen LogP contribution in [0.15, 0.2) is 48.7 Å². The molecule has 0 spiro atoms. The molecular weight excluding hydrogens is 478 g/mol. The van der Waals surface area contributed by atoms with Crippen molar-refractivity contribution in [3.63, 3.8) is 0 Å². The summed E-state index contributed by atoms with van der Waals surface area (Å²) in [5.74, 6) is 1.43. The summed E-state index contributed by atoms with van der Waals surface area (Å²) in [4.78, 5) is 40.8. The molecule has 0 aliphatic heterocycles. The molecule has 0 saturated heterocycles. The third kappa shape index (κ3) is 5.05. The van der Waals surface area contributed by atoms with Gasteiger partial charge in [-0.2, -0.15) is 5.10 Å². The molecule has 198 valence electrons. The van der Waals surface area contributed by atoms with Gasteiger partial charge in [0.2, 0.25) is 0 Å². The summed E-state index contributed by atoms with van der Waals surface area (Å²) >= 11 is 0. The van der Waals surface area contributed by atoms with Gasteiger partial charge >= 0.3 is 0 Å². The molecule has 3 aromatic heterocycles. The number of fused-ring (bicyclic) bond motifs is 1. The molecule has 1 atom stereocenters. The fourth-order valence-corrected chi connectivity index (χ4v) is 5.36. The number of rotatable bonds is 7. The Hall–Kier alpha value is -4.01. The van der Waals surface area contributed by atoms with Crippen LogP contribution in [0.5, 0.6) is 0 Å². The van der Waals surface area contributed by atoms with E-state index in [4.69, 9.17) is 9.97 Å². The zero-order valence-corrected chi connectivity index (χ0v) is 22.4. The first-order chi connectivity index (χ1) is 18.4.